The highest BCUT2D eigenvalue weighted by Gasteiger charge is 2.23. The number of hydrogen-bond acceptors (Lipinski definition) is 9. The second-order valence-corrected chi connectivity index (χ2v) is 11.0. The van der Waals surface area contributed by atoms with Crippen molar-refractivity contribution in [1.82, 2.24) is 0 Å². The van der Waals surface area contributed by atoms with Gasteiger partial charge in [0.25, 0.3) is 17.5 Å². The van der Waals surface area contributed by atoms with Gasteiger partial charge < -0.3 is 35.4 Å². The van der Waals surface area contributed by atoms with Crippen LogP contribution in [0.15, 0.2) is 84.9 Å². The number of aromatic carboxylic acids is 2. The number of non-ortho nitro benzene ring substituents is 1. The number of benzene rings is 4. The normalized spacial score (nSPS) is 10.9. The lowest BCUT2D eigenvalue weighted by molar-refractivity contribution is -0.384. The van der Waals surface area contributed by atoms with Crippen molar-refractivity contribution < 1.29 is 48.9 Å². The van der Waals surface area contributed by atoms with Crippen molar-refractivity contribution in [3.05, 3.63) is 117 Å². The van der Waals surface area contributed by atoms with E-state index in [9.17, 15) is 44.6 Å². The Kier molecular flexibility index (Phi) is 10.0. The molecule has 47 heavy (non-hydrogen) atoms. The largest absolute Gasteiger partial charge is 0.508 e. The van der Waals surface area contributed by atoms with Gasteiger partial charge >= 0.3 is 11.9 Å². The monoisotopic (exact) mass is 643 g/mol. The predicted molar refractivity (Wildman–Crippen MR) is 169 cm³/mol. The Balaban J connectivity index is 1.29. The van der Waals surface area contributed by atoms with Crippen molar-refractivity contribution in [2.24, 2.45) is 5.41 Å². The minimum atomic E-state index is -1.40. The third-order valence-electron chi connectivity index (χ3n) is 6.65. The van der Waals surface area contributed by atoms with Crippen molar-refractivity contribution >= 4 is 40.8 Å². The number of anilines is 2. The highest BCUT2D eigenvalue weighted by molar-refractivity contribution is 6.12. The van der Waals surface area contributed by atoms with Crippen molar-refractivity contribution in [2.45, 2.75) is 13.8 Å². The highest BCUT2D eigenvalue weighted by Crippen LogP contribution is 2.25. The molecule has 0 saturated carbocycles. The molecule has 0 bridgehead atoms. The number of aromatic hydroxyl groups is 1. The van der Waals surface area contributed by atoms with E-state index in [4.69, 9.17) is 9.47 Å². The number of nitrogens with zero attached hydrogens (tertiary/aromatic N) is 1. The molecule has 2 amide bonds. The number of ether oxygens (including phenoxy) is 2. The molecule has 0 aromatic heterocycles. The average molecular weight is 644 g/mol. The summed E-state index contributed by atoms with van der Waals surface area (Å²) in [7, 11) is 0. The summed E-state index contributed by atoms with van der Waals surface area (Å²) in [5.41, 5.74) is -1.33. The molecule has 242 valence electrons. The number of phenolic OH excluding ortho intramolecular Hbond substituents is 1. The quantitative estimate of drug-likeness (QED) is 0.0881. The van der Waals surface area contributed by atoms with Crippen LogP contribution in [0.1, 0.15) is 55.3 Å². The van der Waals surface area contributed by atoms with Crippen molar-refractivity contribution in [2.75, 3.05) is 23.8 Å². The molecule has 5 N–H and O–H groups in total. The molecule has 14 heteroatoms. The Labute approximate surface area is 267 Å². The van der Waals surface area contributed by atoms with Gasteiger partial charge in [-0.3, -0.25) is 19.7 Å². The third kappa shape index (κ3) is 8.82. The molecule has 0 heterocycles. The van der Waals surface area contributed by atoms with Gasteiger partial charge in [0, 0.05) is 28.9 Å². The van der Waals surface area contributed by atoms with E-state index in [0.29, 0.717) is 22.9 Å². The maximum Gasteiger partial charge on any atom is 0.336 e. The molecule has 14 nitrogen and oxygen atoms in total. The van der Waals surface area contributed by atoms with Gasteiger partial charge in [-0.05, 0) is 72.8 Å². The van der Waals surface area contributed by atoms with Crippen molar-refractivity contribution in [3.8, 4) is 17.2 Å². The summed E-state index contributed by atoms with van der Waals surface area (Å²) in [5, 5.41) is 44.6. The standard InChI is InChI=1S/C33H29N3O11/c1-33(2,18-47-24-11-5-20(6-12-24)35-30(39)28-16-22(37)8-14-26(28)32(42)43)17-46-23-9-3-19(4-10-23)34-29(38)27-15-21(36(44)45)7-13-25(27)31(40)41/h3-16,37H,17-18H2,1-2H3,(H,34,38)(H,35,39)(H,40,41)(H,42,43). The van der Waals surface area contributed by atoms with Crippen LogP contribution in [0.5, 0.6) is 17.2 Å². The summed E-state index contributed by atoms with van der Waals surface area (Å²) in [6, 6.07) is 19.0. The fourth-order valence-corrected chi connectivity index (χ4v) is 4.19. The number of hydrogen-bond donors (Lipinski definition) is 5. The Bertz CT molecular complexity index is 1840. The first-order valence-corrected chi connectivity index (χ1v) is 13.9. The van der Waals surface area contributed by atoms with E-state index in [1.165, 1.54) is 18.2 Å². The van der Waals surface area contributed by atoms with E-state index >= 15 is 0 Å². The van der Waals surface area contributed by atoms with Crippen molar-refractivity contribution in [3.63, 3.8) is 0 Å². The number of carboxylic acid groups (broad SMARTS) is 2. The van der Waals surface area contributed by atoms with Crippen LogP contribution in [0.3, 0.4) is 0 Å². The number of carboxylic acids is 2. The molecule has 0 unspecified atom stereocenters. The van der Waals surface area contributed by atoms with E-state index in [2.05, 4.69) is 10.6 Å². The molecule has 4 aromatic rings. The lowest BCUT2D eigenvalue weighted by Gasteiger charge is -2.25. The van der Waals surface area contributed by atoms with Crippen LogP contribution in [0.4, 0.5) is 17.1 Å². The summed E-state index contributed by atoms with van der Waals surface area (Å²) in [6.45, 7) is 4.35. The molecule has 0 aliphatic rings. The van der Waals surface area contributed by atoms with E-state index in [0.717, 1.165) is 30.3 Å². The second kappa shape index (κ2) is 14.1. The zero-order valence-electron chi connectivity index (χ0n) is 25.1. The summed E-state index contributed by atoms with van der Waals surface area (Å²) in [4.78, 5) is 58.6. The van der Waals surface area contributed by atoms with Crippen LogP contribution in [-0.2, 0) is 0 Å². The van der Waals surface area contributed by atoms with Crippen molar-refractivity contribution in [1.29, 1.82) is 0 Å². The van der Waals surface area contributed by atoms with Gasteiger partial charge in [-0.1, -0.05) is 13.8 Å². The first kappa shape index (κ1) is 33.5. The van der Waals surface area contributed by atoms with Gasteiger partial charge in [-0.15, -0.1) is 0 Å². The predicted octanol–water partition coefficient (Wildman–Crippen LogP) is 5.69. The molecular weight excluding hydrogens is 614 g/mol. The number of carbonyl (C=O) groups is 4. The van der Waals surface area contributed by atoms with Gasteiger partial charge in [0.15, 0.2) is 0 Å². The van der Waals surface area contributed by atoms with E-state index in [1.54, 1.807) is 36.4 Å². The number of nitro benzene ring substituents is 1. The molecule has 0 aliphatic carbocycles. The van der Waals surface area contributed by atoms with Crippen LogP contribution >= 0.6 is 0 Å². The lowest BCUT2D eigenvalue weighted by Crippen LogP contribution is -2.28. The number of amides is 2. The fourth-order valence-electron chi connectivity index (χ4n) is 4.19. The molecule has 0 spiro atoms. The van der Waals surface area contributed by atoms with Crippen LogP contribution in [0, 0.1) is 15.5 Å². The zero-order chi connectivity index (χ0) is 34.3. The second-order valence-electron chi connectivity index (χ2n) is 11.0. The molecule has 0 aliphatic heterocycles. The molecule has 0 radical (unpaired) electrons. The van der Waals surface area contributed by atoms with Gasteiger partial charge in [-0.25, -0.2) is 9.59 Å². The van der Waals surface area contributed by atoms with E-state index in [-0.39, 0.29) is 41.2 Å². The van der Waals surface area contributed by atoms with Crippen LogP contribution in [-0.4, -0.2) is 57.2 Å². The topological polar surface area (TPSA) is 215 Å². The van der Waals surface area contributed by atoms with Gasteiger partial charge in [0.05, 0.1) is 40.4 Å². The maximum absolute atomic E-state index is 12.7. The summed E-state index contributed by atoms with van der Waals surface area (Å²) in [5.74, 6) is -3.47. The van der Waals surface area contributed by atoms with Gasteiger partial charge in [-0.2, -0.15) is 0 Å². The highest BCUT2D eigenvalue weighted by atomic mass is 16.6. The average Bonchev–Trinajstić information content (AvgIpc) is 3.03. The van der Waals surface area contributed by atoms with Gasteiger partial charge in [0.1, 0.15) is 17.2 Å². The van der Waals surface area contributed by atoms with Crippen LogP contribution in [0.25, 0.3) is 0 Å². The molecule has 4 rings (SSSR count). The number of nitro groups is 1. The Morgan fingerprint density at radius 3 is 1.53 bits per heavy atom. The van der Waals surface area contributed by atoms with E-state index < -0.39 is 39.8 Å². The Hall–Kier alpha value is -6.44. The summed E-state index contributed by atoms with van der Waals surface area (Å²) in [6.07, 6.45) is 0. The third-order valence-corrected chi connectivity index (χ3v) is 6.65. The molecule has 0 atom stereocenters. The smallest absolute Gasteiger partial charge is 0.336 e. The molecule has 4 aromatic carbocycles. The van der Waals surface area contributed by atoms with E-state index in [1.807, 2.05) is 13.8 Å². The zero-order valence-corrected chi connectivity index (χ0v) is 25.1. The molecule has 0 saturated heterocycles. The SMILES string of the molecule is CC(C)(COc1ccc(NC(=O)c2cc(O)ccc2C(=O)O)cc1)COc1ccc(NC(=O)c2cc([N+](=O)[O-])ccc2C(=O)O)cc1. The minimum absolute atomic E-state index is 0.186. The Morgan fingerprint density at radius 2 is 1.11 bits per heavy atom. The minimum Gasteiger partial charge on any atom is -0.508 e. The lowest BCUT2D eigenvalue weighted by atomic mass is 9.96. The molecule has 0 fully saturated rings. The fraction of sp³-hybridized carbons (Fsp3) is 0.152. The van der Waals surface area contributed by atoms with Crippen LogP contribution < -0.4 is 20.1 Å². The number of carbonyl (C=O) groups excluding carboxylic acids is 2. The summed E-state index contributed by atoms with van der Waals surface area (Å²) < 4.78 is 11.8. The molecular formula is C33H29N3O11. The Morgan fingerprint density at radius 1 is 0.681 bits per heavy atom. The summed E-state index contributed by atoms with van der Waals surface area (Å²) >= 11 is 0. The maximum atomic E-state index is 12.7. The number of rotatable bonds is 13. The first-order chi connectivity index (χ1) is 22.2. The van der Waals surface area contributed by atoms with Gasteiger partial charge in [0.2, 0.25) is 0 Å². The number of phenols is 1. The first-order valence-electron chi connectivity index (χ1n) is 13.9. The number of nitrogens with one attached hydrogen (secondary N) is 2. The van der Waals surface area contributed by atoms with Crippen LogP contribution in [0.2, 0.25) is 0 Å².